The molecule has 0 saturated carbocycles. The summed E-state index contributed by atoms with van der Waals surface area (Å²) in [6.07, 6.45) is -5.14. The van der Waals surface area contributed by atoms with Crippen molar-refractivity contribution in [2.24, 2.45) is 0 Å². The third kappa shape index (κ3) is 3.04. The summed E-state index contributed by atoms with van der Waals surface area (Å²) >= 11 is 3.21. The highest BCUT2D eigenvalue weighted by molar-refractivity contribution is 9.10. The van der Waals surface area contributed by atoms with Gasteiger partial charge in [0.25, 0.3) is 0 Å². The predicted molar refractivity (Wildman–Crippen MR) is 68.8 cm³/mol. The fourth-order valence-electron chi connectivity index (χ4n) is 2.37. The average molecular weight is 372 g/mol. The molecule has 0 radical (unpaired) electrons. The lowest BCUT2D eigenvalue weighted by Crippen LogP contribution is -2.51. The van der Waals surface area contributed by atoms with E-state index >= 15 is 0 Å². The summed E-state index contributed by atoms with van der Waals surface area (Å²) in [6, 6.07) is 5.80. The average Bonchev–Trinajstić information content (AvgIpc) is 2.85. The zero-order valence-corrected chi connectivity index (χ0v) is 12.2. The van der Waals surface area contributed by atoms with E-state index in [0.717, 1.165) is 0 Å². The van der Waals surface area contributed by atoms with E-state index in [1.807, 2.05) is 0 Å². The topological polar surface area (TPSA) is 20.3 Å². The van der Waals surface area contributed by atoms with Crippen LogP contribution in [0.2, 0.25) is 0 Å². The fraction of sp³-hybridized carbons (Fsp3) is 0.462. The molecule has 21 heavy (non-hydrogen) atoms. The number of carbonyl (C=O) groups excluding carboxylic acids is 1. The van der Waals surface area contributed by atoms with Gasteiger partial charge in [0.15, 0.2) is 0 Å². The first-order chi connectivity index (χ1) is 9.64. The molecule has 1 heterocycles. The first-order valence-electron chi connectivity index (χ1n) is 6.15. The standard InChI is InChI=1S/C13H11BrF5NO/c14-9-4-1-3-8(7-9)10-5-2-6-20(10)11(21)12(15,16)13(17,18)19/h1,3-4,7,10H,2,5-6H2. The lowest BCUT2D eigenvalue weighted by atomic mass is 10.0. The lowest BCUT2D eigenvalue weighted by Gasteiger charge is -2.29. The largest absolute Gasteiger partial charge is 0.463 e. The molecule has 1 aromatic carbocycles. The molecule has 8 heteroatoms. The number of rotatable bonds is 2. The van der Waals surface area contributed by atoms with Crippen LogP contribution in [0.25, 0.3) is 0 Å². The molecule has 0 spiro atoms. The molecule has 116 valence electrons. The minimum Gasteiger partial charge on any atom is -0.330 e. The molecule has 0 aliphatic carbocycles. The molecule has 0 bridgehead atoms. The Morgan fingerprint density at radius 1 is 1.24 bits per heavy atom. The maximum Gasteiger partial charge on any atom is 0.463 e. The summed E-state index contributed by atoms with van der Waals surface area (Å²) < 4.78 is 64.1. The van der Waals surface area contributed by atoms with Crippen molar-refractivity contribution in [1.29, 1.82) is 0 Å². The van der Waals surface area contributed by atoms with E-state index in [2.05, 4.69) is 15.9 Å². The van der Waals surface area contributed by atoms with E-state index in [9.17, 15) is 26.7 Å². The van der Waals surface area contributed by atoms with Gasteiger partial charge in [-0.25, -0.2) is 0 Å². The van der Waals surface area contributed by atoms with Crippen LogP contribution in [0.15, 0.2) is 28.7 Å². The van der Waals surface area contributed by atoms with Crippen LogP contribution in [-0.2, 0) is 4.79 Å². The number of hydrogen-bond acceptors (Lipinski definition) is 1. The number of amides is 1. The van der Waals surface area contributed by atoms with Gasteiger partial charge in [0.1, 0.15) is 0 Å². The maximum absolute atomic E-state index is 13.2. The monoisotopic (exact) mass is 371 g/mol. The molecular weight excluding hydrogens is 361 g/mol. The lowest BCUT2D eigenvalue weighted by molar-refractivity contribution is -0.274. The highest BCUT2D eigenvalue weighted by Crippen LogP contribution is 2.41. The number of nitrogens with zero attached hydrogens (tertiary/aromatic N) is 1. The van der Waals surface area contributed by atoms with Gasteiger partial charge < -0.3 is 4.90 Å². The number of carbonyl (C=O) groups is 1. The minimum atomic E-state index is -5.88. The van der Waals surface area contributed by atoms with Crippen LogP contribution < -0.4 is 0 Å². The van der Waals surface area contributed by atoms with Crippen LogP contribution in [0, 0.1) is 0 Å². The van der Waals surface area contributed by atoms with E-state index < -0.39 is 24.0 Å². The van der Waals surface area contributed by atoms with Gasteiger partial charge in [-0.05, 0) is 30.5 Å². The van der Waals surface area contributed by atoms with E-state index in [1.54, 1.807) is 24.3 Å². The zero-order chi connectivity index (χ0) is 15.8. The summed E-state index contributed by atoms with van der Waals surface area (Å²) in [7, 11) is 0. The first kappa shape index (κ1) is 16.2. The van der Waals surface area contributed by atoms with Crippen LogP contribution in [0.5, 0.6) is 0 Å². The molecule has 1 aliphatic rings. The van der Waals surface area contributed by atoms with Crippen molar-refractivity contribution >= 4 is 21.8 Å². The van der Waals surface area contributed by atoms with Gasteiger partial charge in [0.2, 0.25) is 0 Å². The normalized spacial score (nSPS) is 19.9. The second-order valence-corrected chi connectivity index (χ2v) is 5.70. The quantitative estimate of drug-likeness (QED) is 0.709. The van der Waals surface area contributed by atoms with Crippen molar-refractivity contribution in [3.63, 3.8) is 0 Å². The van der Waals surface area contributed by atoms with E-state index in [4.69, 9.17) is 0 Å². The molecule has 2 rings (SSSR count). The second kappa shape index (κ2) is 5.55. The van der Waals surface area contributed by atoms with E-state index in [1.165, 1.54) is 0 Å². The SMILES string of the molecule is O=C(N1CCCC1c1cccc(Br)c1)C(F)(F)C(F)(F)F. The number of benzene rings is 1. The van der Waals surface area contributed by atoms with Crippen LogP contribution >= 0.6 is 15.9 Å². The molecule has 0 N–H and O–H groups in total. The maximum atomic E-state index is 13.2. The van der Waals surface area contributed by atoms with Gasteiger partial charge in [-0.1, -0.05) is 28.1 Å². The first-order valence-corrected chi connectivity index (χ1v) is 6.95. The van der Waals surface area contributed by atoms with Crippen LogP contribution in [0.4, 0.5) is 22.0 Å². The Bertz CT molecular complexity index is 546. The smallest absolute Gasteiger partial charge is 0.330 e. The molecular formula is C13H11BrF5NO. The number of halogens is 6. The summed E-state index contributed by atoms with van der Waals surface area (Å²) in [5.41, 5.74) is 0.535. The number of alkyl halides is 5. The summed E-state index contributed by atoms with van der Waals surface area (Å²) in [5.74, 6) is -7.54. The van der Waals surface area contributed by atoms with Crippen molar-refractivity contribution in [1.82, 2.24) is 4.90 Å². The fourth-order valence-corrected chi connectivity index (χ4v) is 2.79. The third-order valence-electron chi connectivity index (χ3n) is 3.37. The Kier molecular flexibility index (Phi) is 4.28. The van der Waals surface area contributed by atoms with Crippen molar-refractivity contribution < 1.29 is 26.7 Å². The van der Waals surface area contributed by atoms with Gasteiger partial charge in [0.05, 0.1) is 6.04 Å². The summed E-state index contributed by atoms with van der Waals surface area (Å²) in [6.45, 7) is -0.109. The van der Waals surface area contributed by atoms with Crippen molar-refractivity contribution in [3.8, 4) is 0 Å². The molecule has 1 fully saturated rings. The predicted octanol–water partition coefficient (Wildman–Crippen LogP) is 4.31. The van der Waals surface area contributed by atoms with E-state index in [0.29, 0.717) is 27.8 Å². The van der Waals surface area contributed by atoms with Gasteiger partial charge >= 0.3 is 18.0 Å². The third-order valence-corrected chi connectivity index (χ3v) is 3.86. The Balaban J connectivity index is 2.29. The van der Waals surface area contributed by atoms with Crippen molar-refractivity contribution in [2.45, 2.75) is 31.0 Å². The van der Waals surface area contributed by atoms with Crippen molar-refractivity contribution in [2.75, 3.05) is 6.54 Å². The molecule has 0 aromatic heterocycles. The van der Waals surface area contributed by atoms with Gasteiger partial charge in [-0.3, -0.25) is 4.79 Å². The van der Waals surface area contributed by atoms with Crippen LogP contribution in [0.3, 0.4) is 0 Å². The van der Waals surface area contributed by atoms with Gasteiger partial charge in [-0.15, -0.1) is 0 Å². The summed E-state index contributed by atoms with van der Waals surface area (Å²) in [5, 5.41) is 0. The van der Waals surface area contributed by atoms with Gasteiger partial charge in [0, 0.05) is 11.0 Å². The minimum absolute atomic E-state index is 0.109. The van der Waals surface area contributed by atoms with Crippen LogP contribution in [-0.4, -0.2) is 29.5 Å². The Labute approximate surface area is 126 Å². The van der Waals surface area contributed by atoms with Crippen LogP contribution in [0.1, 0.15) is 24.4 Å². The van der Waals surface area contributed by atoms with Gasteiger partial charge in [-0.2, -0.15) is 22.0 Å². The molecule has 1 aliphatic heterocycles. The zero-order valence-electron chi connectivity index (χ0n) is 10.6. The summed E-state index contributed by atoms with van der Waals surface area (Å²) in [4.78, 5) is 12.2. The molecule has 1 aromatic rings. The van der Waals surface area contributed by atoms with Crippen molar-refractivity contribution in [3.05, 3.63) is 34.3 Å². The number of likely N-dealkylation sites (tertiary alicyclic amines) is 1. The Hall–Kier alpha value is -1.18. The second-order valence-electron chi connectivity index (χ2n) is 4.78. The molecule has 1 atom stereocenters. The highest BCUT2D eigenvalue weighted by atomic mass is 79.9. The molecule has 2 nitrogen and oxygen atoms in total. The Morgan fingerprint density at radius 2 is 1.90 bits per heavy atom. The van der Waals surface area contributed by atoms with E-state index in [-0.39, 0.29) is 6.54 Å². The number of hydrogen-bond donors (Lipinski definition) is 0. The molecule has 1 amide bonds. The molecule has 1 unspecified atom stereocenters. The Morgan fingerprint density at radius 3 is 2.48 bits per heavy atom. The highest BCUT2D eigenvalue weighted by Gasteiger charge is 2.65. The molecule has 1 saturated heterocycles.